The van der Waals surface area contributed by atoms with Gasteiger partial charge >= 0.3 is 6.09 Å². The number of carbonyl (C=O) groups excluding carboxylic acids is 1. The standard InChI is InChI=1S/C26H30ClN3O2/c1-17-11-13-28-22-15-19(9-10-20(17)22)29-26(23-18(2)7-6-8-21(23)27)12-14-30(16-26)24(31)32-25(3,4)5/h6-11,13,15,29H,12,14,16H2,1-5H3/t26-/m1/s1. The summed E-state index contributed by atoms with van der Waals surface area (Å²) < 4.78 is 5.65. The zero-order valence-corrected chi connectivity index (χ0v) is 20.1. The molecule has 32 heavy (non-hydrogen) atoms. The van der Waals surface area contributed by atoms with Crippen LogP contribution < -0.4 is 5.32 Å². The number of ether oxygens (including phenoxy) is 1. The number of carbonyl (C=O) groups is 1. The lowest BCUT2D eigenvalue weighted by atomic mass is 9.85. The smallest absolute Gasteiger partial charge is 0.410 e. The number of halogens is 1. The fourth-order valence-electron chi connectivity index (χ4n) is 4.54. The predicted molar refractivity (Wildman–Crippen MR) is 130 cm³/mol. The van der Waals surface area contributed by atoms with Gasteiger partial charge in [0.05, 0.1) is 17.6 Å². The fourth-order valence-corrected chi connectivity index (χ4v) is 4.95. The Morgan fingerprint density at radius 1 is 1.16 bits per heavy atom. The molecule has 1 aliphatic rings. The number of fused-ring (bicyclic) bond motifs is 1. The van der Waals surface area contributed by atoms with E-state index in [0.717, 1.165) is 34.1 Å². The van der Waals surface area contributed by atoms with Gasteiger partial charge in [0.15, 0.2) is 0 Å². The second kappa shape index (κ2) is 8.28. The normalized spacial score (nSPS) is 18.8. The van der Waals surface area contributed by atoms with Gasteiger partial charge in [0.2, 0.25) is 0 Å². The monoisotopic (exact) mass is 451 g/mol. The van der Waals surface area contributed by atoms with Gasteiger partial charge in [-0.15, -0.1) is 0 Å². The van der Waals surface area contributed by atoms with Crippen molar-refractivity contribution in [2.75, 3.05) is 18.4 Å². The van der Waals surface area contributed by atoms with Crippen LogP contribution in [0.25, 0.3) is 10.9 Å². The molecule has 1 amide bonds. The van der Waals surface area contributed by atoms with E-state index in [1.807, 2.05) is 45.2 Å². The van der Waals surface area contributed by atoms with E-state index >= 15 is 0 Å². The molecule has 6 heteroatoms. The molecule has 2 aromatic carbocycles. The van der Waals surface area contributed by atoms with E-state index < -0.39 is 11.1 Å². The van der Waals surface area contributed by atoms with Crippen LogP contribution in [0.2, 0.25) is 5.02 Å². The number of nitrogens with one attached hydrogen (secondary N) is 1. The van der Waals surface area contributed by atoms with Crippen LogP contribution in [-0.2, 0) is 10.3 Å². The molecular formula is C26H30ClN3O2. The molecule has 0 radical (unpaired) electrons. The largest absolute Gasteiger partial charge is 0.444 e. The Labute approximate surface area is 194 Å². The molecule has 1 saturated heterocycles. The number of rotatable bonds is 3. The predicted octanol–water partition coefficient (Wildman–Crippen LogP) is 6.45. The first-order valence-electron chi connectivity index (χ1n) is 11.0. The van der Waals surface area contributed by atoms with Crippen molar-refractivity contribution < 1.29 is 9.53 Å². The molecule has 5 nitrogen and oxygen atoms in total. The molecule has 1 fully saturated rings. The van der Waals surface area contributed by atoms with Crippen LogP contribution >= 0.6 is 11.6 Å². The number of hydrogen-bond donors (Lipinski definition) is 1. The first-order valence-corrected chi connectivity index (χ1v) is 11.3. The number of aromatic nitrogens is 1. The van der Waals surface area contributed by atoms with Gasteiger partial charge < -0.3 is 15.0 Å². The minimum Gasteiger partial charge on any atom is -0.444 e. The van der Waals surface area contributed by atoms with Gasteiger partial charge in [-0.05, 0) is 76.4 Å². The Balaban J connectivity index is 1.74. The van der Waals surface area contributed by atoms with Crippen LogP contribution in [-0.4, -0.2) is 34.7 Å². The van der Waals surface area contributed by atoms with E-state index in [1.165, 1.54) is 5.56 Å². The molecule has 0 bridgehead atoms. The summed E-state index contributed by atoms with van der Waals surface area (Å²) in [5.41, 5.74) is 4.10. The summed E-state index contributed by atoms with van der Waals surface area (Å²) in [6.45, 7) is 10.8. The second-order valence-corrected chi connectivity index (χ2v) is 10.1. The molecular weight excluding hydrogens is 422 g/mol. The minimum absolute atomic E-state index is 0.304. The van der Waals surface area contributed by atoms with Gasteiger partial charge in [0.1, 0.15) is 5.60 Å². The molecule has 2 heterocycles. The van der Waals surface area contributed by atoms with E-state index in [0.29, 0.717) is 18.1 Å². The number of hydrogen-bond acceptors (Lipinski definition) is 4. The highest BCUT2D eigenvalue weighted by molar-refractivity contribution is 6.31. The van der Waals surface area contributed by atoms with Crippen molar-refractivity contribution >= 4 is 34.3 Å². The van der Waals surface area contributed by atoms with Crippen LogP contribution in [0, 0.1) is 13.8 Å². The maximum Gasteiger partial charge on any atom is 0.410 e. The third kappa shape index (κ3) is 4.40. The van der Waals surface area contributed by atoms with Crippen LogP contribution in [0.5, 0.6) is 0 Å². The summed E-state index contributed by atoms with van der Waals surface area (Å²) in [5, 5.41) is 5.56. The number of nitrogens with zero attached hydrogens (tertiary/aromatic N) is 2. The zero-order chi connectivity index (χ0) is 23.1. The highest BCUT2D eigenvalue weighted by Crippen LogP contribution is 2.41. The maximum absolute atomic E-state index is 12.8. The lowest BCUT2D eigenvalue weighted by molar-refractivity contribution is 0.0286. The topological polar surface area (TPSA) is 54.5 Å². The molecule has 4 rings (SSSR count). The number of amides is 1. The number of benzene rings is 2. The van der Waals surface area contributed by atoms with Crippen molar-refractivity contribution in [1.82, 2.24) is 9.88 Å². The quantitative estimate of drug-likeness (QED) is 0.497. The number of anilines is 1. The van der Waals surface area contributed by atoms with Crippen molar-refractivity contribution in [1.29, 1.82) is 0 Å². The number of aryl methyl sites for hydroxylation is 2. The molecule has 1 aliphatic heterocycles. The van der Waals surface area contributed by atoms with E-state index in [1.54, 1.807) is 4.90 Å². The Morgan fingerprint density at radius 2 is 1.94 bits per heavy atom. The van der Waals surface area contributed by atoms with Crippen molar-refractivity contribution in [2.24, 2.45) is 0 Å². The summed E-state index contributed by atoms with van der Waals surface area (Å²) in [7, 11) is 0. The second-order valence-electron chi connectivity index (χ2n) is 9.65. The maximum atomic E-state index is 12.8. The molecule has 0 spiro atoms. The summed E-state index contributed by atoms with van der Waals surface area (Å²) in [6.07, 6.45) is 2.24. The molecule has 168 valence electrons. The minimum atomic E-state index is -0.544. The van der Waals surface area contributed by atoms with Gasteiger partial charge in [0.25, 0.3) is 0 Å². The Hall–Kier alpha value is -2.79. The number of likely N-dealkylation sites (tertiary alicyclic amines) is 1. The van der Waals surface area contributed by atoms with Gasteiger partial charge in [-0.1, -0.05) is 29.8 Å². The molecule has 3 aromatic rings. The third-order valence-electron chi connectivity index (χ3n) is 5.97. The first-order chi connectivity index (χ1) is 15.1. The lowest BCUT2D eigenvalue weighted by Crippen LogP contribution is -2.42. The molecule has 1 N–H and O–H groups in total. The summed E-state index contributed by atoms with van der Waals surface area (Å²) in [4.78, 5) is 19.2. The SMILES string of the molecule is Cc1cccc(Cl)c1[C@@]1(Nc2ccc3c(C)ccnc3c2)CCN(C(=O)OC(C)(C)C)C1. The van der Waals surface area contributed by atoms with E-state index in [-0.39, 0.29) is 6.09 Å². The van der Waals surface area contributed by atoms with Crippen molar-refractivity contribution in [3.05, 3.63) is 70.4 Å². The molecule has 1 atom stereocenters. The van der Waals surface area contributed by atoms with Crippen LogP contribution in [0.4, 0.5) is 10.5 Å². The van der Waals surface area contributed by atoms with Crippen molar-refractivity contribution in [2.45, 2.75) is 52.2 Å². The molecule has 0 aliphatic carbocycles. The Kier molecular flexibility index (Phi) is 5.80. The molecule has 0 saturated carbocycles. The van der Waals surface area contributed by atoms with E-state index in [9.17, 15) is 4.79 Å². The van der Waals surface area contributed by atoms with E-state index in [4.69, 9.17) is 16.3 Å². The van der Waals surface area contributed by atoms with Gasteiger partial charge in [-0.25, -0.2) is 4.79 Å². The fraction of sp³-hybridized carbons (Fsp3) is 0.385. The highest BCUT2D eigenvalue weighted by atomic mass is 35.5. The van der Waals surface area contributed by atoms with Gasteiger partial charge in [0, 0.05) is 34.4 Å². The summed E-state index contributed by atoms with van der Waals surface area (Å²) in [6, 6.07) is 14.2. The number of pyridine rings is 1. The van der Waals surface area contributed by atoms with Crippen LogP contribution in [0.15, 0.2) is 48.7 Å². The Bertz CT molecular complexity index is 1150. The van der Waals surface area contributed by atoms with Crippen molar-refractivity contribution in [3.63, 3.8) is 0 Å². The lowest BCUT2D eigenvalue weighted by Gasteiger charge is -2.35. The van der Waals surface area contributed by atoms with Crippen LogP contribution in [0.1, 0.15) is 43.9 Å². The Morgan fingerprint density at radius 3 is 2.66 bits per heavy atom. The van der Waals surface area contributed by atoms with Crippen LogP contribution in [0.3, 0.4) is 0 Å². The van der Waals surface area contributed by atoms with Gasteiger partial charge in [-0.2, -0.15) is 0 Å². The molecule has 0 unspecified atom stereocenters. The van der Waals surface area contributed by atoms with Gasteiger partial charge in [-0.3, -0.25) is 4.98 Å². The summed E-state index contributed by atoms with van der Waals surface area (Å²) in [5.74, 6) is 0. The third-order valence-corrected chi connectivity index (χ3v) is 6.28. The van der Waals surface area contributed by atoms with Crippen molar-refractivity contribution in [3.8, 4) is 0 Å². The average molecular weight is 452 g/mol. The highest BCUT2D eigenvalue weighted by Gasteiger charge is 2.44. The zero-order valence-electron chi connectivity index (χ0n) is 19.3. The summed E-state index contributed by atoms with van der Waals surface area (Å²) >= 11 is 6.73. The first kappa shape index (κ1) is 22.4. The van der Waals surface area contributed by atoms with E-state index in [2.05, 4.69) is 48.4 Å². The average Bonchev–Trinajstić information content (AvgIpc) is 3.11. The molecule has 1 aromatic heterocycles.